The lowest BCUT2D eigenvalue weighted by Crippen LogP contribution is -2.59. The van der Waals surface area contributed by atoms with E-state index in [0.29, 0.717) is 45.2 Å². The Bertz CT molecular complexity index is 1390. The fourth-order valence-corrected chi connectivity index (χ4v) is 6.55. The van der Waals surface area contributed by atoms with Crippen molar-refractivity contribution in [2.45, 2.75) is 134 Å². The van der Waals surface area contributed by atoms with Crippen LogP contribution in [0.5, 0.6) is 0 Å². The number of nitrogens with one attached hydrogen (secondary N) is 5. The van der Waals surface area contributed by atoms with Gasteiger partial charge in [0.05, 0.1) is 6.04 Å². The quantitative estimate of drug-likeness (QED) is 0.0509. The molecule has 1 aromatic carbocycles. The van der Waals surface area contributed by atoms with Gasteiger partial charge in [0.2, 0.25) is 29.5 Å². The minimum absolute atomic E-state index is 0.0569. The summed E-state index contributed by atoms with van der Waals surface area (Å²) in [5.74, 6) is -4.03. The first kappa shape index (κ1) is 46.3. The molecule has 0 saturated heterocycles. The summed E-state index contributed by atoms with van der Waals surface area (Å²) < 4.78 is 0.819. The van der Waals surface area contributed by atoms with Crippen molar-refractivity contribution in [1.82, 2.24) is 26.6 Å². The van der Waals surface area contributed by atoms with Crippen LogP contribution in [0.25, 0.3) is 0 Å². The minimum Gasteiger partial charge on any atom is -0.480 e. The van der Waals surface area contributed by atoms with E-state index in [1.165, 1.54) is 6.92 Å². The van der Waals surface area contributed by atoms with Crippen LogP contribution in [0, 0.1) is 5.92 Å². The zero-order valence-electron chi connectivity index (χ0n) is 31.6. The molecule has 0 radical (unpaired) electrons. The molecule has 0 unspecified atom stereocenters. The molecule has 302 valence electrons. The van der Waals surface area contributed by atoms with E-state index in [1.807, 2.05) is 0 Å². The standard InChI is InChI=1S/C38H61BrN8O7/c1-3-4-13-28(44-35(50)30(15-8-10-21-41)45-34(49)29(14-7-9-20-40)43-33(48)24(2)42)36(51)46-31(22-26-16-18-27(39)19-17-26)37(52)47-32(38(53)54)23-25-11-5-6-12-25/h3-4,16-19,24-25,28-32H,5-15,20-23,40-42H2,1-2H3,(H,43,48)(H,44,50)(H,45,49)(H,46,51)(H,47,52)(H,53,54)/b4-3+/t24-,28-,29-,30-,31-,32-/m0/s1. The maximum Gasteiger partial charge on any atom is 0.326 e. The molecule has 54 heavy (non-hydrogen) atoms. The Hall–Kier alpha value is -3.86. The fourth-order valence-electron chi connectivity index (χ4n) is 6.29. The molecule has 6 atom stereocenters. The van der Waals surface area contributed by atoms with E-state index in [4.69, 9.17) is 17.2 Å². The topological polar surface area (TPSA) is 261 Å². The summed E-state index contributed by atoms with van der Waals surface area (Å²) in [6.45, 7) is 4.03. The molecule has 0 spiro atoms. The van der Waals surface area contributed by atoms with Gasteiger partial charge in [-0.1, -0.05) is 65.9 Å². The average Bonchev–Trinajstić information content (AvgIpc) is 3.65. The number of aliphatic carboxylic acids is 1. The molecule has 0 aliphatic heterocycles. The Balaban J connectivity index is 2.33. The lowest BCUT2D eigenvalue weighted by Gasteiger charge is -2.27. The van der Waals surface area contributed by atoms with Crippen molar-refractivity contribution in [3.63, 3.8) is 0 Å². The molecule has 1 aromatic rings. The molecule has 0 heterocycles. The van der Waals surface area contributed by atoms with Gasteiger partial charge in [-0.25, -0.2) is 4.79 Å². The Morgan fingerprint density at radius 1 is 0.741 bits per heavy atom. The number of rotatable bonds is 25. The van der Waals surface area contributed by atoms with Crippen molar-refractivity contribution in [2.24, 2.45) is 23.1 Å². The predicted molar refractivity (Wildman–Crippen MR) is 211 cm³/mol. The van der Waals surface area contributed by atoms with Crippen molar-refractivity contribution in [2.75, 3.05) is 13.1 Å². The summed E-state index contributed by atoms with van der Waals surface area (Å²) in [5.41, 5.74) is 17.8. The van der Waals surface area contributed by atoms with Crippen LogP contribution in [0.1, 0.15) is 96.5 Å². The van der Waals surface area contributed by atoms with E-state index in [-0.39, 0.29) is 31.6 Å². The predicted octanol–water partition coefficient (Wildman–Crippen LogP) is 1.65. The Morgan fingerprint density at radius 3 is 1.70 bits per heavy atom. The molecular weight excluding hydrogens is 760 g/mol. The van der Waals surface area contributed by atoms with Crippen molar-refractivity contribution < 1.29 is 33.9 Å². The van der Waals surface area contributed by atoms with Gasteiger partial charge >= 0.3 is 5.97 Å². The zero-order chi connectivity index (χ0) is 40.0. The first-order chi connectivity index (χ1) is 25.8. The third kappa shape index (κ3) is 17.1. The van der Waals surface area contributed by atoms with Crippen LogP contribution in [0.2, 0.25) is 0 Å². The van der Waals surface area contributed by atoms with Gasteiger partial charge in [-0.05, 0) is 102 Å². The number of halogens is 1. The van der Waals surface area contributed by atoms with Crippen LogP contribution in [0.4, 0.5) is 0 Å². The van der Waals surface area contributed by atoms with E-state index < -0.39 is 71.8 Å². The Labute approximate surface area is 327 Å². The molecular formula is C38H61BrN8O7. The summed E-state index contributed by atoms with van der Waals surface area (Å²) in [5, 5.41) is 23.5. The lowest BCUT2D eigenvalue weighted by atomic mass is 9.97. The SMILES string of the molecule is C/C=C/C[C@H](NC(=O)[C@H](CCCCN)NC(=O)[C@H](CCCCN)NC(=O)[C@H](C)N)C(=O)N[C@@H](Cc1ccc(Br)cc1)C(=O)N[C@@H](CC1CCCC1)C(=O)O. The van der Waals surface area contributed by atoms with Gasteiger partial charge in [0, 0.05) is 10.9 Å². The highest BCUT2D eigenvalue weighted by atomic mass is 79.9. The van der Waals surface area contributed by atoms with Crippen LogP contribution >= 0.6 is 15.9 Å². The van der Waals surface area contributed by atoms with E-state index in [1.54, 1.807) is 43.3 Å². The zero-order valence-corrected chi connectivity index (χ0v) is 33.2. The molecule has 5 amide bonds. The maximum atomic E-state index is 14.0. The van der Waals surface area contributed by atoms with E-state index in [2.05, 4.69) is 42.5 Å². The molecule has 1 fully saturated rings. The molecule has 1 saturated carbocycles. The second-order valence-electron chi connectivity index (χ2n) is 14.0. The van der Waals surface area contributed by atoms with Crippen molar-refractivity contribution in [1.29, 1.82) is 0 Å². The molecule has 1 aliphatic carbocycles. The number of benzene rings is 1. The van der Waals surface area contributed by atoms with Gasteiger partial charge in [0.25, 0.3) is 0 Å². The molecule has 0 bridgehead atoms. The van der Waals surface area contributed by atoms with E-state index in [9.17, 15) is 33.9 Å². The highest BCUT2D eigenvalue weighted by molar-refractivity contribution is 9.10. The monoisotopic (exact) mass is 820 g/mol. The smallest absolute Gasteiger partial charge is 0.326 e. The number of unbranched alkanes of at least 4 members (excludes halogenated alkanes) is 2. The van der Waals surface area contributed by atoms with Gasteiger partial charge in [0.15, 0.2) is 0 Å². The summed E-state index contributed by atoms with van der Waals surface area (Å²) in [7, 11) is 0. The number of amides is 5. The van der Waals surface area contributed by atoms with Crippen LogP contribution in [0.3, 0.4) is 0 Å². The third-order valence-corrected chi connectivity index (χ3v) is 9.99. The van der Waals surface area contributed by atoms with Crippen molar-refractivity contribution >= 4 is 51.4 Å². The number of carbonyl (C=O) groups excluding carboxylic acids is 5. The van der Waals surface area contributed by atoms with Gasteiger partial charge < -0.3 is 48.9 Å². The van der Waals surface area contributed by atoms with Gasteiger partial charge in [0.1, 0.15) is 30.2 Å². The second kappa shape index (κ2) is 25.3. The molecule has 12 N–H and O–H groups in total. The number of carboxylic acids is 1. The van der Waals surface area contributed by atoms with Crippen LogP contribution in [-0.2, 0) is 35.2 Å². The summed E-state index contributed by atoms with van der Waals surface area (Å²) in [4.78, 5) is 79.7. The molecule has 1 aliphatic rings. The van der Waals surface area contributed by atoms with Crippen molar-refractivity contribution in [3.8, 4) is 0 Å². The fraction of sp³-hybridized carbons (Fsp3) is 0.632. The van der Waals surface area contributed by atoms with E-state index in [0.717, 1.165) is 35.7 Å². The molecule has 0 aromatic heterocycles. The van der Waals surface area contributed by atoms with Crippen LogP contribution in [-0.4, -0.2) is 90.0 Å². The highest BCUT2D eigenvalue weighted by Gasteiger charge is 2.33. The lowest BCUT2D eigenvalue weighted by molar-refractivity contribution is -0.143. The summed E-state index contributed by atoms with van der Waals surface area (Å²) in [6, 6.07) is 0.808. The highest BCUT2D eigenvalue weighted by Crippen LogP contribution is 2.28. The molecule has 16 heteroatoms. The first-order valence-corrected chi connectivity index (χ1v) is 19.8. The minimum atomic E-state index is -1.17. The molecule has 15 nitrogen and oxygen atoms in total. The van der Waals surface area contributed by atoms with E-state index >= 15 is 0 Å². The largest absolute Gasteiger partial charge is 0.480 e. The first-order valence-electron chi connectivity index (χ1n) is 19.0. The number of carbonyl (C=O) groups is 6. The van der Waals surface area contributed by atoms with Crippen LogP contribution in [0.15, 0.2) is 40.9 Å². The third-order valence-electron chi connectivity index (χ3n) is 9.46. The summed E-state index contributed by atoms with van der Waals surface area (Å²) >= 11 is 3.40. The average molecular weight is 822 g/mol. The Kier molecular flexibility index (Phi) is 21.7. The van der Waals surface area contributed by atoms with Crippen molar-refractivity contribution in [3.05, 3.63) is 46.5 Å². The maximum absolute atomic E-state index is 14.0. The van der Waals surface area contributed by atoms with Crippen LogP contribution < -0.4 is 43.8 Å². The number of allylic oxidation sites excluding steroid dienone is 1. The second-order valence-corrected chi connectivity index (χ2v) is 14.9. The van der Waals surface area contributed by atoms with Gasteiger partial charge in [-0.15, -0.1) is 0 Å². The number of hydrogen-bond acceptors (Lipinski definition) is 9. The Morgan fingerprint density at radius 2 is 1.20 bits per heavy atom. The number of carboxylic acid groups (broad SMARTS) is 1. The normalized spacial score (nSPS) is 16.4. The van der Waals surface area contributed by atoms with Gasteiger partial charge in [-0.2, -0.15) is 0 Å². The number of nitrogens with two attached hydrogens (primary N) is 3. The number of hydrogen-bond donors (Lipinski definition) is 9. The van der Waals surface area contributed by atoms with Gasteiger partial charge in [-0.3, -0.25) is 24.0 Å². The summed E-state index contributed by atoms with van der Waals surface area (Å²) in [6.07, 6.45) is 10.4. The molecule has 2 rings (SSSR count).